The molecule has 0 bridgehead atoms. The van der Waals surface area contributed by atoms with Gasteiger partial charge in [-0.3, -0.25) is 0 Å². The maximum atomic E-state index is 13.1. The van der Waals surface area contributed by atoms with Gasteiger partial charge in [0, 0.05) is 3.57 Å². The first-order valence-electron chi connectivity index (χ1n) is 6.48. The molecule has 0 amide bonds. The molecule has 3 heteroatoms. The topological polar surface area (TPSA) is 0 Å². The van der Waals surface area contributed by atoms with Gasteiger partial charge in [-0.15, -0.1) is 11.6 Å². The Kier molecular flexibility index (Phi) is 4.75. The second-order valence-electron chi connectivity index (χ2n) is 5.90. The Morgan fingerprint density at radius 1 is 1.05 bits per heavy atom. The Labute approximate surface area is 138 Å². The zero-order chi connectivity index (χ0) is 14.9. The Morgan fingerprint density at radius 2 is 1.65 bits per heavy atom. The molecule has 1 unspecified atom stereocenters. The van der Waals surface area contributed by atoms with Crippen molar-refractivity contribution in [3.05, 3.63) is 68.5 Å². The normalized spacial score (nSPS) is 13.3. The van der Waals surface area contributed by atoms with E-state index in [1.54, 1.807) is 6.07 Å². The smallest absolute Gasteiger partial charge is 0.124 e. The molecule has 0 N–H and O–H groups in total. The van der Waals surface area contributed by atoms with Crippen LogP contribution in [0.15, 0.2) is 42.5 Å². The van der Waals surface area contributed by atoms with Crippen LogP contribution in [0.5, 0.6) is 0 Å². The van der Waals surface area contributed by atoms with Gasteiger partial charge in [-0.1, -0.05) is 51.1 Å². The van der Waals surface area contributed by atoms with Crippen molar-refractivity contribution in [2.24, 2.45) is 0 Å². The number of benzene rings is 2. The summed E-state index contributed by atoms with van der Waals surface area (Å²) < 4.78 is 14.0. The van der Waals surface area contributed by atoms with Crippen molar-refractivity contribution < 1.29 is 4.39 Å². The monoisotopic (exact) mass is 402 g/mol. The Bertz CT molecular complexity index is 599. The molecular weight excluding hydrogens is 386 g/mol. The van der Waals surface area contributed by atoms with Gasteiger partial charge < -0.3 is 0 Å². The molecule has 2 rings (SSSR count). The second-order valence-corrected chi connectivity index (χ2v) is 7.50. The van der Waals surface area contributed by atoms with E-state index in [4.69, 9.17) is 11.6 Å². The number of rotatable bonds is 2. The third-order valence-electron chi connectivity index (χ3n) is 3.30. The number of alkyl halides is 1. The van der Waals surface area contributed by atoms with Crippen molar-refractivity contribution >= 4 is 34.2 Å². The van der Waals surface area contributed by atoms with Crippen LogP contribution in [0, 0.1) is 9.39 Å². The molecule has 0 radical (unpaired) electrons. The van der Waals surface area contributed by atoms with Gasteiger partial charge in [0.2, 0.25) is 0 Å². The van der Waals surface area contributed by atoms with Gasteiger partial charge in [0.25, 0.3) is 0 Å². The van der Waals surface area contributed by atoms with Crippen LogP contribution >= 0.6 is 34.2 Å². The second kappa shape index (κ2) is 6.02. The molecule has 20 heavy (non-hydrogen) atoms. The van der Waals surface area contributed by atoms with E-state index in [0.717, 1.165) is 14.7 Å². The molecule has 1 atom stereocenters. The van der Waals surface area contributed by atoms with Gasteiger partial charge in [-0.05, 0) is 56.8 Å². The minimum Gasteiger partial charge on any atom is -0.207 e. The zero-order valence-corrected chi connectivity index (χ0v) is 14.7. The highest BCUT2D eigenvalue weighted by Crippen LogP contribution is 2.33. The van der Waals surface area contributed by atoms with E-state index in [2.05, 4.69) is 67.6 Å². The third-order valence-corrected chi connectivity index (χ3v) is 4.73. The minimum atomic E-state index is -0.253. The molecule has 0 nitrogen and oxygen atoms in total. The fraction of sp³-hybridized carbons (Fsp3) is 0.294. The quantitative estimate of drug-likeness (QED) is 0.423. The Morgan fingerprint density at radius 3 is 2.15 bits per heavy atom. The molecule has 0 aromatic heterocycles. The van der Waals surface area contributed by atoms with Crippen LogP contribution < -0.4 is 0 Å². The highest BCUT2D eigenvalue weighted by Gasteiger charge is 2.17. The molecule has 106 valence electrons. The predicted molar refractivity (Wildman–Crippen MR) is 92.0 cm³/mol. The largest absolute Gasteiger partial charge is 0.207 e. The van der Waals surface area contributed by atoms with Gasteiger partial charge in [0.05, 0.1) is 5.38 Å². The van der Waals surface area contributed by atoms with Gasteiger partial charge in [-0.2, -0.15) is 0 Å². The summed E-state index contributed by atoms with van der Waals surface area (Å²) in [6, 6.07) is 13.1. The van der Waals surface area contributed by atoms with E-state index < -0.39 is 0 Å². The van der Waals surface area contributed by atoms with E-state index in [1.165, 1.54) is 17.7 Å². The summed E-state index contributed by atoms with van der Waals surface area (Å²) in [6.07, 6.45) is 0. The van der Waals surface area contributed by atoms with Crippen LogP contribution in [0.4, 0.5) is 4.39 Å². The molecular formula is C17H17ClFI. The van der Waals surface area contributed by atoms with Crippen LogP contribution in [0.2, 0.25) is 0 Å². The number of hydrogen-bond acceptors (Lipinski definition) is 0. The van der Waals surface area contributed by atoms with E-state index in [-0.39, 0.29) is 16.6 Å². The molecule has 2 aromatic rings. The average Bonchev–Trinajstić information content (AvgIpc) is 2.37. The van der Waals surface area contributed by atoms with E-state index in [9.17, 15) is 4.39 Å². The van der Waals surface area contributed by atoms with Crippen molar-refractivity contribution in [1.82, 2.24) is 0 Å². The first kappa shape index (κ1) is 15.8. The maximum Gasteiger partial charge on any atom is 0.124 e. The Balaban J connectivity index is 2.31. The fourth-order valence-corrected chi connectivity index (χ4v) is 3.35. The standard InChI is InChI=1S/C17H17ClFI/c1-17(2,3)12-6-4-11(5-7-12)16(18)14-9-8-13(19)10-15(14)20/h4-10,16H,1-3H3. The molecule has 0 spiro atoms. The van der Waals surface area contributed by atoms with Crippen molar-refractivity contribution in [2.45, 2.75) is 31.6 Å². The molecule has 0 fully saturated rings. The van der Waals surface area contributed by atoms with Crippen LogP contribution in [0.3, 0.4) is 0 Å². The van der Waals surface area contributed by atoms with Crippen LogP contribution in [0.1, 0.15) is 42.8 Å². The van der Waals surface area contributed by atoms with Crippen molar-refractivity contribution in [3.63, 3.8) is 0 Å². The van der Waals surface area contributed by atoms with Gasteiger partial charge >= 0.3 is 0 Å². The highest BCUT2D eigenvalue weighted by molar-refractivity contribution is 14.1. The number of halogens is 3. The lowest BCUT2D eigenvalue weighted by Crippen LogP contribution is -2.10. The minimum absolute atomic E-state index is 0.130. The maximum absolute atomic E-state index is 13.1. The molecule has 0 aliphatic carbocycles. The summed E-state index contributed by atoms with van der Waals surface area (Å²) in [6.45, 7) is 6.55. The molecule has 0 aliphatic heterocycles. The zero-order valence-electron chi connectivity index (χ0n) is 11.8. The van der Waals surface area contributed by atoms with Gasteiger partial charge in [0.1, 0.15) is 5.82 Å². The van der Waals surface area contributed by atoms with Crippen molar-refractivity contribution in [2.75, 3.05) is 0 Å². The number of hydrogen-bond donors (Lipinski definition) is 0. The lowest BCUT2D eigenvalue weighted by Gasteiger charge is -2.20. The van der Waals surface area contributed by atoms with Crippen molar-refractivity contribution in [1.29, 1.82) is 0 Å². The molecule has 0 heterocycles. The Hall–Kier alpha value is -0.610. The lowest BCUT2D eigenvalue weighted by atomic mass is 9.86. The molecule has 2 aromatic carbocycles. The van der Waals surface area contributed by atoms with Crippen LogP contribution in [-0.2, 0) is 5.41 Å². The molecule has 0 saturated heterocycles. The van der Waals surface area contributed by atoms with E-state index in [1.807, 2.05) is 0 Å². The molecule has 0 aliphatic rings. The van der Waals surface area contributed by atoms with E-state index in [0.29, 0.717) is 0 Å². The molecule has 0 saturated carbocycles. The summed E-state index contributed by atoms with van der Waals surface area (Å²) in [5.41, 5.74) is 3.38. The predicted octanol–water partition coefficient (Wildman–Crippen LogP) is 6.06. The van der Waals surface area contributed by atoms with Gasteiger partial charge in [-0.25, -0.2) is 4.39 Å². The summed E-state index contributed by atoms with van der Waals surface area (Å²) in [4.78, 5) is 0. The van der Waals surface area contributed by atoms with Crippen LogP contribution in [-0.4, -0.2) is 0 Å². The first-order chi connectivity index (χ1) is 9.29. The average molecular weight is 403 g/mol. The summed E-state index contributed by atoms with van der Waals surface area (Å²) >= 11 is 8.65. The lowest BCUT2D eigenvalue weighted by molar-refractivity contribution is 0.590. The summed E-state index contributed by atoms with van der Waals surface area (Å²) in [5.74, 6) is -0.231. The highest BCUT2D eigenvalue weighted by atomic mass is 127. The fourth-order valence-electron chi connectivity index (χ4n) is 2.04. The summed E-state index contributed by atoms with van der Waals surface area (Å²) in [5, 5.41) is -0.253. The summed E-state index contributed by atoms with van der Waals surface area (Å²) in [7, 11) is 0. The van der Waals surface area contributed by atoms with E-state index >= 15 is 0 Å². The third kappa shape index (κ3) is 3.53. The van der Waals surface area contributed by atoms with Crippen molar-refractivity contribution in [3.8, 4) is 0 Å². The first-order valence-corrected chi connectivity index (χ1v) is 8.00. The van der Waals surface area contributed by atoms with Gasteiger partial charge in [0.15, 0.2) is 0 Å². The van der Waals surface area contributed by atoms with Crippen LogP contribution in [0.25, 0.3) is 0 Å². The SMILES string of the molecule is CC(C)(C)c1ccc(C(Cl)c2ccc(F)cc2I)cc1.